The Hall–Kier alpha value is -3.48. The van der Waals surface area contributed by atoms with E-state index in [1.54, 1.807) is 36.4 Å². The lowest BCUT2D eigenvalue weighted by atomic mass is 10.0. The maximum absolute atomic E-state index is 13.6. The summed E-state index contributed by atoms with van der Waals surface area (Å²) in [4.78, 5) is 19.9. The van der Waals surface area contributed by atoms with Crippen molar-refractivity contribution in [2.24, 2.45) is 5.16 Å². The molecular formula is C22H18F2N2O3. The first kappa shape index (κ1) is 18.9. The zero-order chi connectivity index (χ0) is 20.2. The van der Waals surface area contributed by atoms with Crippen molar-refractivity contribution in [1.82, 2.24) is 4.90 Å². The van der Waals surface area contributed by atoms with Crippen LogP contribution in [0.1, 0.15) is 28.1 Å². The van der Waals surface area contributed by atoms with Crippen LogP contribution in [0.15, 0.2) is 76.5 Å². The van der Waals surface area contributed by atoms with Crippen LogP contribution in [0.4, 0.5) is 8.78 Å². The minimum atomic E-state index is -0.402. The van der Waals surface area contributed by atoms with Gasteiger partial charge in [0.25, 0.3) is 5.91 Å². The van der Waals surface area contributed by atoms with Gasteiger partial charge in [-0.3, -0.25) is 4.79 Å². The van der Waals surface area contributed by atoms with Gasteiger partial charge in [-0.2, -0.15) is 0 Å². The molecular weight excluding hydrogens is 378 g/mol. The summed E-state index contributed by atoms with van der Waals surface area (Å²) in [6, 6.07) is 15.4. The summed E-state index contributed by atoms with van der Waals surface area (Å²) in [6.07, 6.45) is 1.44. The molecule has 0 radical (unpaired) electrons. The number of carbonyl (C=O) groups is 1. The Morgan fingerprint density at radius 1 is 1.07 bits per heavy atom. The monoisotopic (exact) mass is 396 g/mol. The predicted octanol–water partition coefficient (Wildman–Crippen LogP) is 4.39. The molecule has 1 aliphatic heterocycles. The minimum Gasteiger partial charge on any atom is -0.459 e. The predicted molar refractivity (Wildman–Crippen MR) is 102 cm³/mol. The lowest BCUT2D eigenvalue weighted by Gasteiger charge is -2.24. The summed E-state index contributed by atoms with van der Waals surface area (Å²) in [7, 11) is 0. The van der Waals surface area contributed by atoms with Crippen molar-refractivity contribution in [2.45, 2.75) is 19.1 Å². The van der Waals surface area contributed by atoms with Gasteiger partial charge in [-0.05, 0) is 42.0 Å². The van der Waals surface area contributed by atoms with Crippen LogP contribution in [0.25, 0.3) is 0 Å². The van der Waals surface area contributed by atoms with Crippen LogP contribution in [0.5, 0.6) is 0 Å². The van der Waals surface area contributed by atoms with Crippen LogP contribution >= 0.6 is 0 Å². The molecule has 0 aliphatic carbocycles. The molecule has 3 aromatic rings. The molecule has 4 rings (SSSR count). The van der Waals surface area contributed by atoms with Crippen LogP contribution in [0.3, 0.4) is 0 Å². The molecule has 1 atom stereocenters. The minimum absolute atomic E-state index is 0.186. The van der Waals surface area contributed by atoms with E-state index < -0.39 is 6.10 Å². The average Bonchev–Trinajstić information content (AvgIpc) is 3.39. The molecule has 0 N–H and O–H groups in total. The van der Waals surface area contributed by atoms with Crippen LogP contribution in [-0.4, -0.2) is 29.2 Å². The average molecular weight is 396 g/mol. The van der Waals surface area contributed by atoms with E-state index >= 15 is 0 Å². The van der Waals surface area contributed by atoms with Gasteiger partial charge in [0.1, 0.15) is 11.6 Å². The van der Waals surface area contributed by atoms with Crippen LogP contribution in [-0.2, 0) is 11.4 Å². The van der Waals surface area contributed by atoms with Crippen molar-refractivity contribution in [3.8, 4) is 0 Å². The van der Waals surface area contributed by atoms with Gasteiger partial charge in [0, 0.05) is 18.5 Å². The quantitative estimate of drug-likeness (QED) is 0.621. The molecule has 1 aromatic heterocycles. The summed E-state index contributed by atoms with van der Waals surface area (Å²) in [5.41, 5.74) is 1.90. The Morgan fingerprint density at radius 3 is 2.59 bits per heavy atom. The fourth-order valence-electron chi connectivity index (χ4n) is 3.24. The second-order valence-electron chi connectivity index (χ2n) is 6.77. The Morgan fingerprint density at radius 2 is 1.86 bits per heavy atom. The summed E-state index contributed by atoms with van der Waals surface area (Å²) < 4.78 is 32.3. The summed E-state index contributed by atoms with van der Waals surface area (Å²) in [5.74, 6) is -0.871. The standard InChI is InChI=1S/C22H18F2N2O3/c23-17-6-1-4-15(10-17)13-26(22(27)21-8-3-9-28-21)14-19-12-20(25-29-19)16-5-2-7-18(24)11-16/h1-11,19H,12-14H2/t19-/m0/s1. The molecule has 0 saturated carbocycles. The van der Waals surface area contributed by atoms with E-state index in [0.717, 1.165) is 0 Å². The molecule has 148 valence electrons. The second-order valence-corrected chi connectivity index (χ2v) is 6.77. The van der Waals surface area contributed by atoms with Crippen molar-refractivity contribution >= 4 is 11.6 Å². The van der Waals surface area contributed by atoms with Crippen molar-refractivity contribution < 1.29 is 22.8 Å². The Balaban J connectivity index is 1.49. The van der Waals surface area contributed by atoms with E-state index in [9.17, 15) is 13.6 Å². The van der Waals surface area contributed by atoms with Crippen LogP contribution < -0.4 is 0 Å². The highest BCUT2D eigenvalue weighted by atomic mass is 19.1. The first-order valence-electron chi connectivity index (χ1n) is 9.14. The van der Waals surface area contributed by atoms with Crippen molar-refractivity contribution in [3.05, 3.63) is 95.4 Å². The Bertz CT molecular complexity index is 1030. The Labute approximate surface area is 166 Å². The third-order valence-electron chi connectivity index (χ3n) is 4.60. The number of nitrogens with zero attached hydrogens (tertiary/aromatic N) is 2. The number of rotatable bonds is 6. The topological polar surface area (TPSA) is 55.0 Å². The molecule has 7 heteroatoms. The molecule has 0 spiro atoms. The highest BCUT2D eigenvalue weighted by Gasteiger charge is 2.28. The number of oxime groups is 1. The van der Waals surface area contributed by atoms with Gasteiger partial charge < -0.3 is 14.2 Å². The lowest BCUT2D eigenvalue weighted by Crippen LogP contribution is -2.37. The highest BCUT2D eigenvalue weighted by molar-refractivity contribution is 6.01. The third-order valence-corrected chi connectivity index (χ3v) is 4.60. The highest BCUT2D eigenvalue weighted by Crippen LogP contribution is 2.20. The molecule has 0 unspecified atom stereocenters. The van der Waals surface area contributed by atoms with Gasteiger partial charge in [0.15, 0.2) is 11.9 Å². The normalized spacial score (nSPS) is 15.7. The van der Waals surface area contributed by atoms with Gasteiger partial charge in [-0.1, -0.05) is 29.4 Å². The van der Waals surface area contributed by atoms with Gasteiger partial charge in [-0.25, -0.2) is 8.78 Å². The van der Waals surface area contributed by atoms with Crippen molar-refractivity contribution in [1.29, 1.82) is 0 Å². The fraction of sp³-hybridized carbons (Fsp3) is 0.182. The number of amides is 1. The molecule has 1 aliphatic rings. The lowest BCUT2D eigenvalue weighted by molar-refractivity contribution is 0.0387. The molecule has 5 nitrogen and oxygen atoms in total. The zero-order valence-corrected chi connectivity index (χ0v) is 15.4. The van der Waals surface area contributed by atoms with Crippen molar-refractivity contribution in [3.63, 3.8) is 0 Å². The number of carbonyl (C=O) groups excluding carboxylic acids is 1. The number of hydrogen-bond acceptors (Lipinski definition) is 4. The molecule has 0 bridgehead atoms. The maximum Gasteiger partial charge on any atom is 0.289 e. The Kier molecular flexibility index (Phi) is 5.37. The third kappa shape index (κ3) is 4.51. The van der Waals surface area contributed by atoms with Crippen molar-refractivity contribution in [2.75, 3.05) is 6.54 Å². The van der Waals surface area contributed by atoms with Gasteiger partial charge in [-0.15, -0.1) is 0 Å². The van der Waals surface area contributed by atoms with Crippen LogP contribution in [0, 0.1) is 11.6 Å². The van der Waals surface area contributed by atoms with E-state index in [1.807, 2.05) is 0 Å². The fourth-order valence-corrected chi connectivity index (χ4v) is 3.24. The first-order valence-corrected chi connectivity index (χ1v) is 9.14. The number of benzene rings is 2. The van der Waals surface area contributed by atoms with Gasteiger partial charge in [0.05, 0.1) is 18.5 Å². The van der Waals surface area contributed by atoms with E-state index in [2.05, 4.69) is 5.16 Å². The van der Waals surface area contributed by atoms with Gasteiger partial charge in [0.2, 0.25) is 0 Å². The molecule has 2 aromatic carbocycles. The van der Waals surface area contributed by atoms with Gasteiger partial charge >= 0.3 is 0 Å². The van der Waals surface area contributed by atoms with Crippen LogP contribution in [0.2, 0.25) is 0 Å². The smallest absolute Gasteiger partial charge is 0.289 e. The molecule has 29 heavy (non-hydrogen) atoms. The second kappa shape index (κ2) is 8.26. The molecule has 0 fully saturated rings. The summed E-state index contributed by atoms with van der Waals surface area (Å²) in [6.45, 7) is 0.408. The molecule has 0 saturated heterocycles. The van der Waals surface area contributed by atoms with E-state index in [0.29, 0.717) is 23.3 Å². The van der Waals surface area contributed by atoms with E-state index in [-0.39, 0.29) is 36.4 Å². The number of hydrogen-bond donors (Lipinski definition) is 0. The number of furan rings is 1. The SMILES string of the molecule is O=C(c1ccco1)N(Cc1cccc(F)c1)C[C@@H]1CC(c2cccc(F)c2)=NO1. The maximum atomic E-state index is 13.6. The number of halogens is 2. The molecule has 2 heterocycles. The van der Waals surface area contributed by atoms with E-state index in [1.165, 1.54) is 35.4 Å². The zero-order valence-electron chi connectivity index (χ0n) is 15.4. The largest absolute Gasteiger partial charge is 0.459 e. The summed E-state index contributed by atoms with van der Waals surface area (Å²) >= 11 is 0. The first-order chi connectivity index (χ1) is 14.1. The van der Waals surface area contributed by atoms with E-state index in [4.69, 9.17) is 9.25 Å². The summed E-state index contributed by atoms with van der Waals surface area (Å²) in [5, 5.41) is 4.05. The molecule has 1 amide bonds.